The summed E-state index contributed by atoms with van der Waals surface area (Å²) >= 11 is 7.48. The Labute approximate surface area is 157 Å². The largest absolute Gasteiger partial charge is 0.333 e. The van der Waals surface area contributed by atoms with Crippen LogP contribution in [0.4, 0.5) is 10.1 Å². The summed E-state index contributed by atoms with van der Waals surface area (Å²) in [5.41, 5.74) is 0.258. The van der Waals surface area contributed by atoms with Crippen molar-refractivity contribution in [2.45, 2.75) is 51.2 Å². The van der Waals surface area contributed by atoms with Crippen molar-refractivity contribution < 1.29 is 9.18 Å². The monoisotopic (exact) mass is 383 g/mol. The first kappa shape index (κ1) is 18.5. The third-order valence-electron chi connectivity index (χ3n) is 4.78. The van der Waals surface area contributed by atoms with Gasteiger partial charge in [0.05, 0.1) is 11.7 Å². The number of benzene rings is 1. The lowest BCUT2D eigenvalue weighted by Crippen LogP contribution is -2.48. The fourth-order valence-corrected chi connectivity index (χ4v) is 4.83. The van der Waals surface area contributed by atoms with Crippen LogP contribution in [0, 0.1) is 5.82 Å². The van der Waals surface area contributed by atoms with Crippen molar-refractivity contribution in [2.24, 2.45) is 4.99 Å². The Kier molecular flexibility index (Phi) is 5.89. The SMILES string of the molecule is CC(=O)N(c1ccc(Cl)cc1F)C1CSC(=NC2CCCCC2)N1C. The molecular formula is C18H23ClFN3OS. The Morgan fingerprint density at radius 2 is 2.08 bits per heavy atom. The van der Waals surface area contributed by atoms with Crippen molar-refractivity contribution in [1.82, 2.24) is 4.90 Å². The van der Waals surface area contributed by atoms with Gasteiger partial charge in [0.15, 0.2) is 5.17 Å². The van der Waals surface area contributed by atoms with Gasteiger partial charge in [-0.1, -0.05) is 42.6 Å². The number of hydrogen-bond acceptors (Lipinski definition) is 3. The third-order valence-corrected chi connectivity index (χ3v) is 6.14. The number of anilines is 1. The topological polar surface area (TPSA) is 35.9 Å². The number of carbonyl (C=O) groups is 1. The third kappa shape index (κ3) is 4.11. The molecule has 1 aliphatic carbocycles. The lowest BCUT2D eigenvalue weighted by atomic mass is 9.96. The molecular weight excluding hydrogens is 361 g/mol. The van der Waals surface area contributed by atoms with E-state index in [1.807, 2.05) is 11.9 Å². The Hall–Kier alpha value is -1.27. The van der Waals surface area contributed by atoms with E-state index in [4.69, 9.17) is 16.6 Å². The van der Waals surface area contributed by atoms with Crippen LogP contribution >= 0.6 is 23.4 Å². The molecule has 1 unspecified atom stereocenters. The molecule has 1 saturated carbocycles. The number of nitrogens with zero attached hydrogens (tertiary/aromatic N) is 3. The van der Waals surface area contributed by atoms with Gasteiger partial charge >= 0.3 is 0 Å². The molecule has 7 heteroatoms. The Balaban J connectivity index is 1.83. The van der Waals surface area contributed by atoms with Crippen LogP contribution in [0.15, 0.2) is 23.2 Å². The van der Waals surface area contributed by atoms with Crippen LogP contribution in [-0.2, 0) is 4.79 Å². The van der Waals surface area contributed by atoms with E-state index in [-0.39, 0.29) is 17.8 Å². The molecule has 1 atom stereocenters. The molecule has 1 aromatic rings. The van der Waals surface area contributed by atoms with E-state index in [1.165, 1.54) is 37.2 Å². The number of halogens is 2. The molecule has 0 N–H and O–H groups in total. The van der Waals surface area contributed by atoms with Gasteiger partial charge in [0.2, 0.25) is 5.91 Å². The summed E-state index contributed by atoms with van der Waals surface area (Å²) in [5, 5.41) is 1.26. The summed E-state index contributed by atoms with van der Waals surface area (Å²) in [6.07, 6.45) is 5.76. The second kappa shape index (κ2) is 7.96. The highest BCUT2D eigenvalue weighted by atomic mass is 35.5. The Morgan fingerprint density at radius 3 is 2.72 bits per heavy atom. The van der Waals surface area contributed by atoms with E-state index in [9.17, 15) is 9.18 Å². The number of rotatable bonds is 3. The van der Waals surface area contributed by atoms with Crippen LogP contribution in [0.5, 0.6) is 0 Å². The summed E-state index contributed by atoms with van der Waals surface area (Å²) in [5.74, 6) is -0.0136. The minimum absolute atomic E-state index is 0.197. The van der Waals surface area contributed by atoms with E-state index < -0.39 is 5.82 Å². The first-order valence-electron chi connectivity index (χ1n) is 8.65. The summed E-state index contributed by atoms with van der Waals surface area (Å²) in [6.45, 7) is 1.46. The maximum atomic E-state index is 14.4. The van der Waals surface area contributed by atoms with Crippen molar-refractivity contribution in [2.75, 3.05) is 17.7 Å². The van der Waals surface area contributed by atoms with Gasteiger partial charge in [-0.05, 0) is 31.0 Å². The fraction of sp³-hybridized carbons (Fsp3) is 0.556. The summed E-state index contributed by atoms with van der Waals surface area (Å²) in [6, 6.07) is 4.78. The maximum Gasteiger partial charge on any atom is 0.225 e. The molecule has 0 aromatic heterocycles. The normalized spacial score (nSPS) is 23.3. The van der Waals surface area contributed by atoms with Gasteiger partial charge in [-0.15, -0.1) is 0 Å². The van der Waals surface area contributed by atoms with E-state index in [0.29, 0.717) is 16.8 Å². The zero-order valence-electron chi connectivity index (χ0n) is 14.5. The lowest BCUT2D eigenvalue weighted by molar-refractivity contribution is -0.117. The Morgan fingerprint density at radius 1 is 1.36 bits per heavy atom. The molecule has 0 spiro atoms. The number of aliphatic imine (C=N–C) groups is 1. The number of hydrogen-bond donors (Lipinski definition) is 0. The van der Waals surface area contributed by atoms with E-state index >= 15 is 0 Å². The van der Waals surface area contributed by atoms with Crippen LogP contribution in [-0.4, -0.2) is 41.0 Å². The van der Waals surface area contributed by atoms with Gasteiger partial charge in [0.25, 0.3) is 0 Å². The fourth-order valence-electron chi connectivity index (χ4n) is 3.45. The van der Waals surface area contributed by atoms with Crippen LogP contribution < -0.4 is 4.90 Å². The highest BCUT2D eigenvalue weighted by Crippen LogP contribution is 2.32. The highest BCUT2D eigenvalue weighted by molar-refractivity contribution is 8.14. The standard InChI is InChI=1S/C18H23ClFN3OS/c1-12(24)23(16-9-8-13(19)10-15(16)20)17-11-25-18(22(17)2)21-14-6-4-3-5-7-14/h8-10,14,17H,3-7,11H2,1-2H3. The molecule has 4 nitrogen and oxygen atoms in total. The second-order valence-corrected chi connectivity index (χ2v) is 8.01. The minimum atomic E-state index is -0.487. The zero-order valence-corrected chi connectivity index (χ0v) is 16.1. The van der Waals surface area contributed by atoms with Crippen molar-refractivity contribution >= 4 is 40.1 Å². The second-order valence-electron chi connectivity index (χ2n) is 6.59. The molecule has 1 saturated heterocycles. The van der Waals surface area contributed by atoms with Gasteiger partial charge in [-0.3, -0.25) is 14.7 Å². The average Bonchev–Trinajstić information content (AvgIpc) is 2.92. The van der Waals surface area contributed by atoms with Crippen molar-refractivity contribution in [3.05, 3.63) is 29.0 Å². The predicted octanol–water partition coefficient (Wildman–Crippen LogP) is 4.53. The maximum absolute atomic E-state index is 14.4. The molecule has 3 rings (SSSR count). The summed E-state index contributed by atoms with van der Waals surface area (Å²) in [4.78, 5) is 20.6. The zero-order chi connectivity index (χ0) is 18.0. The minimum Gasteiger partial charge on any atom is -0.333 e. The van der Waals surface area contributed by atoms with E-state index in [2.05, 4.69) is 0 Å². The van der Waals surface area contributed by atoms with Gasteiger partial charge in [-0.25, -0.2) is 4.39 Å². The number of amides is 1. The van der Waals surface area contributed by atoms with Gasteiger partial charge in [0, 0.05) is 24.7 Å². The van der Waals surface area contributed by atoms with Crippen molar-refractivity contribution in [1.29, 1.82) is 0 Å². The lowest BCUT2D eigenvalue weighted by Gasteiger charge is -2.33. The van der Waals surface area contributed by atoms with Crippen LogP contribution in [0.1, 0.15) is 39.0 Å². The number of thioether (sulfide) groups is 1. The van der Waals surface area contributed by atoms with E-state index in [0.717, 1.165) is 18.0 Å². The van der Waals surface area contributed by atoms with Crippen LogP contribution in [0.3, 0.4) is 0 Å². The first-order valence-corrected chi connectivity index (χ1v) is 10.0. The quantitative estimate of drug-likeness (QED) is 0.769. The van der Waals surface area contributed by atoms with Gasteiger partial charge in [-0.2, -0.15) is 0 Å². The summed E-state index contributed by atoms with van der Waals surface area (Å²) < 4.78 is 14.4. The van der Waals surface area contributed by atoms with Crippen LogP contribution in [0.2, 0.25) is 5.02 Å². The molecule has 0 bridgehead atoms. The van der Waals surface area contributed by atoms with Gasteiger partial charge < -0.3 is 4.90 Å². The molecule has 1 aliphatic heterocycles. The summed E-state index contributed by atoms with van der Waals surface area (Å²) in [7, 11) is 1.93. The number of carbonyl (C=O) groups excluding carboxylic acids is 1. The smallest absolute Gasteiger partial charge is 0.225 e. The van der Waals surface area contributed by atoms with Gasteiger partial charge in [0.1, 0.15) is 12.0 Å². The number of amidine groups is 1. The Bertz CT molecular complexity index is 678. The first-order chi connectivity index (χ1) is 12.0. The van der Waals surface area contributed by atoms with Crippen molar-refractivity contribution in [3.63, 3.8) is 0 Å². The molecule has 1 aromatic carbocycles. The molecule has 2 fully saturated rings. The molecule has 1 heterocycles. The highest BCUT2D eigenvalue weighted by Gasteiger charge is 2.36. The molecule has 2 aliphatic rings. The molecule has 0 radical (unpaired) electrons. The molecule has 1 amide bonds. The molecule has 25 heavy (non-hydrogen) atoms. The van der Waals surface area contributed by atoms with Crippen LogP contribution in [0.25, 0.3) is 0 Å². The average molecular weight is 384 g/mol. The predicted molar refractivity (Wildman–Crippen MR) is 103 cm³/mol. The van der Waals surface area contributed by atoms with E-state index in [1.54, 1.807) is 23.9 Å². The molecule has 136 valence electrons. The van der Waals surface area contributed by atoms with Crippen molar-refractivity contribution in [3.8, 4) is 0 Å².